The summed E-state index contributed by atoms with van der Waals surface area (Å²) in [7, 11) is 0. The molecule has 4 heteroatoms. The largest absolute Gasteiger partial charge is 0.288 e. The van der Waals surface area contributed by atoms with Crippen molar-refractivity contribution >= 4 is 23.0 Å². The highest BCUT2D eigenvalue weighted by Crippen LogP contribution is 2.06. The molecule has 2 nitrogen and oxygen atoms in total. The fraction of sp³-hybridized carbons (Fsp3) is 0.200. The summed E-state index contributed by atoms with van der Waals surface area (Å²) in [6, 6.07) is 3.05. The third-order valence-corrected chi connectivity index (χ3v) is 2.21. The van der Waals surface area contributed by atoms with Gasteiger partial charge < -0.3 is 0 Å². The first-order chi connectivity index (χ1) is 6.68. The molecule has 0 amide bonds. The number of hydrogen-bond acceptors (Lipinski definition) is 3. The third-order valence-electron chi connectivity index (χ3n) is 1.44. The maximum atomic E-state index is 12.6. The summed E-state index contributed by atoms with van der Waals surface area (Å²) in [6.45, 7) is 1.52. The summed E-state index contributed by atoms with van der Waals surface area (Å²) in [6.07, 6.45) is 4.99. The van der Waals surface area contributed by atoms with Crippen LogP contribution < -0.4 is 0 Å². The summed E-state index contributed by atoms with van der Waals surface area (Å²) in [5.74, 6) is 0.116. The average molecular weight is 211 g/mol. The molecule has 0 bridgehead atoms. The number of carbonyl (C=O) groups excluding carboxylic acids is 1. The molecule has 1 heterocycles. The monoisotopic (exact) mass is 211 g/mol. The topological polar surface area (TPSA) is 30.0 Å². The van der Waals surface area contributed by atoms with E-state index < -0.39 is 5.95 Å². The van der Waals surface area contributed by atoms with E-state index in [4.69, 9.17) is 0 Å². The number of pyridine rings is 1. The predicted molar refractivity (Wildman–Crippen MR) is 56.4 cm³/mol. The SMILES string of the molecule is CC(=O)SCC=Cc1ccnc(F)c1. The Morgan fingerprint density at radius 3 is 3.14 bits per heavy atom. The first-order valence-corrected chi connectivity index (χ1v) is 5.08. The van der Waals surface area contributed by atoms with Crippen LogP contribution in [0.4, 0.5) is 4.39 Å². The van der Waals surface area contributed by atoms with Crippen LogP contribution in [0.1, 0.15) is 12.5 Å². The van der Waals surface area contributed by atoms with Crippen molar-refractivity contribution in [2.75, 3.05) is 5.75 Å². The van der Waals surface area contributed by atoms with Gasteiger partial charge in [0.25, 0.3) is 0 Å². The van der Waals surface area contributed by atoms with Gasteiger partial charge in [-0.1, -0.05) is 23.9 Å². The Labute approximate surface area is 86.2 Å². The number of carbonyl (C=O) groups is 1. The quantitative estimate of drug-likeness (QED) is 0.719. The van der Waals surface area contributed by atoms with Gasteiger partial charge in [-0.25, -0.2) is 4.98 Å². The van der Waals surface area contributed by atoms with Gasteiger partial charge in [-0.15, -0.1) is 0 Å². The van der Waals surface area contributed by atoms with Gasteiger partial charge in [0.2, 0.25) is 5.95 Å². The van der Waals surface area contributed by atoms with Crippen molar-refractivity contribution in [2.24, 2.45) is 0 Å². The second-order valence-corrected chi connectivity index (χ2v) is 3.81. The number of halogens is 1. The van der Waals surface area contributed by atoms with E-state index in [0.29, 0.717) is 5.75 Å². The molecule has 1 aromatic heterocycles. The minimum atomic E-state index is -0.494. The number of aromatic nitrogens is 1. The number of rotatable bonds is 3. The van der Waals surface area contributed by atoms with Crippen LogP contribution in [0.2, 0.25) is 0 Å². The lowest BCUT2D eigenvalue weighted by Crippen LogP contribution is -1.83. The molecule has 14 heavy (non-hydrogen) atoms. The normalized spacial score (nSPS) is 10.7. The number of hydrogen-bond donors (Lipinski definition) is 0. The molecule has 0 aromatic carbocycles. The molecular formula is C10H10FNOS. The molecule has 0 fully saturated rings. The van der Waals surface area contributed by atoms with E-state index in [1.165, 1.54) is 30.9 Å². The van der Waals surface area contributed by atoms with E-state index in [-0.39, 0.29) is 5.12 Å². The van der Waals surface area contributed by atoms with Crippen LogP contribution in [0.3, 0.4) is 0 Å². The van der Waals surface area contributed by atoms with E-state index >= 15 is 0 Å². The highest BCUT2D eigenvalue weighted by molar-refractivity contribution is 8.13. The van der Waals surface area contributed by atoms with Crippen LogP contribution in [-0.4, -0.2) is 15.9 Å². The third kappa shape index (κ3) is 4.18. The fourth-order valence-electron chi connectivity index (χ4n) is 0.871. The van der Waals surface area contributed by atoms with Gasteiger partial charge in [0.05, 0.1) is 0 Å². The lowest BCUT2D eigenvalue weighted by atomic mass is 10.2. The summed E-state index contributed by atoms with van der Waals surface area (Å²) in [5, 5.41) is 0.0792. The van der Waals surface area contributed by atoms with E-state index in [0.717, 1.165) is 5.56 Å². The standard InChI is InChI=1S/C10H10FNOS/c1-8(13)14-6-2-3-9-4-5-12-10(11)7-9/h2-5,7H,6H2,1H3. The van der Waals surface area contributed by atoms with E-state index in [1.807, 2.05) is 6.08 Å². The van der Waals surface area contributed by atoms with Crippen LogP contribution >= 0.6 is 11.8 Å². The Hall–Kier alpha value is -1.16. The molecule has 1 rings (SSSR count). The van der Waals surface area contributed by atoms with Crippen molar-refractivity contribution < 1.29 is 9.18 Å². The second kappa shape index (κ2) is 5.54. The van der Waals surface area contributed by atoms with Crippen molar-refractivity contribution in [1.29, 1.82) is 0 Å². The molecule has 0 aliphatic carbocycles. The Bertz CT molecular complexity index is 352. The summed E-state index contributed by atoms with van der Waals surface area (Å²) >= 11 is 1.22. The Morgan fingerprint density at radius 2 is 2.50 bits per heavy atom. The predicted octanol–water partition coefficient (Wildman–Crippen LogP) is 2.51. The molecule has 0 radical (unpaired) electrons. The Kier molecular flexibility index (Phi) is 4.32. The van der Waals surface area contributed by atoms with Crippen molar-refractivity contribution in [1.82, 2.24) is 4.98 Å². The maximum Gasteiger partial charge on any atom is 0.213 e. The van der Waals surface area contributed by atoms with Gasteiger partial charge in [0.1, 0.15) is 0 Å². The Balaban J connectivity index is 2.47. The smallest absolute Gasteiger partial charge is 0.213 e. The number of nitrogens with zero attached hydrogens (tertiary/aromatic N) is 1. The highest BCUT2D eigenvalue weighted by Gasteiger charge is 1.92. The lowest BCUT2D eigenvalue weighted by Gasteiger charge is -1.92. The minimum absolute atomic E-state index is 0.0792. The lowest BCUT2D eigenvalue weighted by molar-refractivity contribution is -0.109. The molecule has 0 unspecified atom stereocenters. The van der Waals surface area contributed by atoms with Crippen LogP contribution in [-0.2, 0) is 4.79 Å². The van der Waals surface area contributed by atoms with E-state index in [9.17, 15) is 9.18 Å². The summed E-state index contributed by atoms with van der Waals surface area (Å²) in [5.41, 5.74) is 0.752. The van der Waals surface area contributed by atoms with Crippen LogP contribution in [0.15, 0.2) is 24.4 Å². The van der Waals surface area contributed by atoms with Crippen LogP contribution in [0.25, 0.3) is 6.08 Å². The molecule has 0 aliphatic heterocycles. The zero-order chi connectivity index (χ0) is 10.4. The van der Waals surface area contributed by atoms with Crippen LogP contribution in [0, 0.1) is 5.95 Å². The summed E-state index contributed by atoms with van der Waals surface area (Å²) in [4.78, 5) is 14.0. The minimum Gasteiger partial charge on any atom is -0.288 e. The molecule has 0 saturated heterocycles. The molecule has 0 saturated carbocycles. The van der Waals surface area contributed by atoms with Gasteiger partial charge in [-0.2, -0.15) is 4.39 Å². The van der Waals surface area contributed by atoms with Gasteiger partial charge >= 0.3 is 0 Å². The van der Waals surface area contributed by atoms with Crippen LogP contribution in [0.5, 0.6) is 0 Å². The molecule has 0 atom stereocenters. The molecule has 0 spiro atoms. The molecule has 1 aromatic rings. The first kappa shape index (κ1) is 10.9. The second-order valence-electron chi connectivity index (χ2n) is 2.62. The van der Waals surface area contributed by atoms with Gasteiger partial charge in [-0.3, -0.25) is 4.79 Å². The Morgan fingerprint density at radius 1 is 1.71 bits per heavy atom. The average Bonchev–Trinajstić information content (AvgIpc) is 2.12. The maximum absolute atomic E-state index is 12.6. The van der Waals surface area contributed by atoms with Gasteiger partial charge in [-0.05, 0) is 11.6 Å². The molecular weight excluding hydrogens is 201 g/mol. The van der Waals surface area contributed by atoms with Crippen molar-refractivity contribution in [3.8, 4) is 0 Å². The van der Waals surface area contributed by atoms with Crippen molar-refractivity contribution in [3.63, 3.8) is 0 Å². The molecule has 74 valence electrons. The zero-order valence-electron chi connectivity index (χ0n) is 7.74. The fourth-order valence-corrected chi connectivity index (χ4v) is 1.30. The van der Waals surface area contributed by atoms with Gasteiger partial charge in [0.15, 0.2) is 5.12 Å². The van der Waals surface area contributed by atoms with Crippen molar-refractivity contribution in [2.45, 2.75) is 6.92 Å². The first-order valence-electron chi connectivity index (χ1n) is 4.10. The zero-order valence-corrected chi connectivity index (χ0v) is 8.55. The van der Waals surface area contributed by atoms with E-state index in [2.05, 4.69) is 4.98 Å². The van der Waals surface area contributed by atoms with Crippen molar-refractivity contribution in [3.05, 3.63) is 35.9 Å². The van der Waals surface area contributed by atoms with E-state index in [1.54, 1.807) is 12.1 Å². The number of thioether (sulfide) groups is 1. The molecule has 0 N–H and O–H groups in total. The van der Waals surface area contributed by atoms with Gasteiger partial charge in [0, 0.05) is 24.9 Å². The molecule has 0 aliphatic rings. The summed E-state index contributed by atoms with van der Waals surface area (Å²) < 4.78 is 12.6. The highest BCUT2D eigenvalue weighted by atomic mass is 32.2.